The number of fused-ring (bicyclic) bond motifs is 3. The third-order valence-corrected chi connectivity index (χ3v) is 27.9. The normalized spacial score (nSPS) is 13.0. The molecule has 143 heavy (non-hydrogen) atoms. The van der Waals surface area contributed by atoms with Gasteiger partial charge in [0.05, 0.1) is 72.7 Å². The van der Waals surface area contributed by atoms with Crippen molar-refractivity contribution in [1.29, 1.82) is 0 Å². The van der Waals surface area contributed by atoms with E-state index in [4.69, 9.17) is 27.8 Å². The minimum absolute atomic E-state index is 0.0910. The van der Waals surface area contributed by atoms with Gasteiger partial charge >= 0.3 is 7.82 Å². The molecule has 0 fully saturated rings. The SMILES string of the molecule is CC(C)N(CCCOc1ccc2c(Nc3cc(CC(=O)Nc4cccc(F)c4F)[nH]n3)ncnc2c1)CC(OP(=O)(OC(CN(CCCOc1ccc2c(Nc3cc(CC(=O)Nc4cccc(F)c4F)[nH]n3)ncnc2c1)C(C)C)(C(C)(C)C)C(C)(C)C)OC(CN(CCCOc1ccc2c(Nc3cc(CC(=O)Nc4cccc(F)c4F)[nH]n3)ncnc2c1)C(C)C)(C(C)(C)C)C(C)(C)C)(C(C)(C)C)C(C)(C)C. The summed E-state index contributed by atoms with van der Waals surface area (Å²) in [5.41, 5.74) is -6.87. The van der Waals surface area contributed by atoms with Gasteiger partial charge in [-0.2, -0.15) is 15.3 Å². The van der Waals surface area contributed by atoms with Crippen molar-refractivity contribution in [2.75, 3.05) is 91.0 Å². The van der Waals surface area contributed by atoms with Gasteiger partial charge in [-0.15, -0.1) is 0 Å². The Morgan fingerprint density at radius 3 is 0.846 bits per heavy atom. The van der Waals surface area contributed by atoms with Gasteiger partial charge in [-0.25, -0.2) is 60.8 Å². The second kappa shape index (κ2) is 44.9. The lowest BCUT2D eigenvalue weighted by molar-refractivity contribution is -0.214. The van der Waals surface area contributed by atoms with Gasteiger partial charge in [-0.1, -0.05) is 143 Å². The maximum absolute atomic E-state index is 18.8. The van der Waals surface area contributed by atoms with Gasteiger partial charge in [-0.05, 0) is 166 Å². The molecular weight excluding hydrogens is 1860 g/mol. The van der Waals surface area contributed by atoms with Crippen molar-refractivity contribution < 1.29 is 73.1 Å². The first-order chi connectivity index (χ1) is 67.1. The predicted molar refractivity (Wildman–Crippen MR) is 547 cm³/mol. The van der Waals surface area contributed by atoms with Crippen molar-refractivity contribution in [2.45, 2.75) is 240 Å². The average Bonchev–Trinajstić information content (AvgIpc) is 1.11. The minimum atomic E-state index is -5.14. The van der Waals surface area contributed by atoms with Crippen LogP contribution in [0.5, 0.6) is 17.2 Å². The van der Waals surface area contributed by atoms with Gasteiger partial charge in [0.25, 0.3) is 0 Å². The Kier molecular flexibility index (Phi) is 34.4. The molecule has 3 amide bonds. The molecule has 0 atom stereocenters. The second-order valence-corrected chi connectivity index (χ2v) is 44.8. The zero-order valence-corrected chi connectivity index (χ0v) is 87.3. The highest BCUT2D eigenvalue weighted by molar-refractivity contribution is 7.48. The first-order valence-corrected chi connectivity index (χ1v) is 49.8. The standard InChI is InChI=1S/C105H138F6N21O10P/c1-64(2)130(43-28-46-137-70-37-40-73-82(55-70)112-61-115-94(73)121-85-49-67(124-127-85)52-88(133)118-79-34-25-31-76(106)91(79)109)58-103(97(7,8)9,98(10,11)12)140-143(136,141-104(99(13,14)15,100(16,17)18)59-131(65(3)4)44-29-47-138-71-38-41-74-83(56-71)113-62-116-95(74)122-86-50-68(125-128-86)53-89(134)119-80-35-26-32-77(107)92(80)110)142-105(101(19,20)21,102(22,23)24)60-132(66(5)6)45-30-48-139-72-39-42-75-84(57-72)114-63-117-96(75)123-87-51-69(126-129-87)54-90(135)120-81-36-27-33-78(108)93(81)111/h25-27,31-42,49-51,55-57,61-66H,28-30,43-48,52-54,58-60H2,1-24H3,(H,118,133)(H,119,134)(H,120,135)(H2,112,115,121,124,127)(H2,113,116,122,125,128)(H2,114,117,123,126,129). The fourth-order valence-electron chi connectivity index (χ4n) is 18.6. The fourth-order valence-corrected chi connectivity index (χ4v) is 21.7. The molecule has 6 heterocycles. The smallest absolute Gasteiger partial charge is 0.476 e. The largest absolute Gasteiger partial charge is 0.493 e. The molecule has 0 aliphatic carbocycles. The molecule has 6 aromatic carbocycles. The number of anilines is 9. The van der Waals surface area contributed by atoms with E-state index in [2.05, 4.69) is 273 Å². The first kappa shape index (κ1) is 110. The topological polar surface area (TPSA) is 369 Å². The summed E-state index contributed by atoms with van der Waals surface area (Å²) in [7, 11) is -5.14. The second-order valence-electron chi connectivity index (χ2n) is 43.4. The highest BCUT2D eigenvalue weighted by atomic mass is 31.2. The lowest BCUT2D eigenvalue weighted by Gasteiger charge is -2.61. The summed E-state index contributed by atoms with van der Waals surface area (Å²) in [6.45, 7) is 54.7. The summed E-state index contributed by atoms with van der Waals surface area (Å²) >= 11 is 0. The Morgan fingerprint density at radius 1 is 0.357 bits per heavy atom. The molecular formula is C105H138F6N21O10P. The summed E-state index contributed by atoms with van der Waals surface area (Å²) in [4.78, 5) is 73.1. The zero-order valence-electron chi connectivity index (χ0n) is 86.4. The van der Waals surface area contributed by atoms with E-state index in [1.807, 2.05) is 54.6 Å². The molecule has 0 saturated heterocycles. The fraction of sp³-hybridized carbons (Fsp3) is 0.486. The molecule has 12 aromatic rings. The Hall–Kier alpha value is -12.3. The number of nitrogens with one attached hydrogen (secondary N) is 9. The van der Waals surface area contributed by atoms with Gasteiger partial charge in [0.15, 0.2) is 52.4 Å². The molecule has 12 rings (SSSR count). The third-order valence-electron chi connectivity index (χ3n) is 26.3. The summed E-state index contributed by atoms with van der Waals surface area (Å²) in [6, 6.07) is 31.8. The summed E-state index contributed by atoms with van der Waals surface area (Å²) < 4.78 is 148. The third kappa shape index (κ3) is 26.7. The molecule has 0 saturated carbocycles. The first-order valence-electron chi connectivity index (χ1n) is 48.3. The van der Waals surface area contributed by atoms with E-state index in [9.17, 15) is 40.7 Å². The molecule has 0 radical (unpaired) electrons. The van der Waals surface area contributed by atoms with E-state index in [1.54, 1.807) is 18.2 Å². The maximum atomic E-state index is 18.8. The number of amides is 3. The molecule has 6 aromatic heterocycles. The van der Waals surface area contributed by atoms with Crippen molar-refractivity contribution in [3.63, 3.8) is 0 Å². The number of hydrogen-bond acceptors (Lipinski definition) is 25. The van der Waals surface area contributed by atoms with E-state index >= 15 is 4.57 Å². The Balaban J connectivity index is 0.803. The minimum Gasteiger partial charge on any atom is -0.493 e. The van der Waals surface area contributed by atoms with E-state index in [1.165, 1.54) is 55.4 Å². The Labute approximate surface area is 832 Å². The van der Waals surface area contributed by atoms with Crippen LogP contribution >= 0.6 is 7.82 Å². The van der Waals surface area contributed by atoms with Crippen molar-refractivity contribution in [2.24, 2.45) is 32.5 Å². The summed E-state index contributed by atoms with van der Waals surface area (Å²) in [6.07, 6.45) is 5.31. The Bertz CT molecular complexity index is 5830. The maximum Gasteiger partial charge on any atom is 0.476 e. The highest BCUT2D eigenvalue weighted by Crippen LogP contribution is 2.70. The number of aromatic amines is 3. The number of H-pyrrole nitrogens is 3. The molecule has 0 spiro atoms. The monoisotopic (exact) mass is 2000 g/mol. The molecule has 38 heteroatoms. The quantitative estimate of drug-likeness (QED) is 0.00972. The van der Waals surface area contributed by atoms with Crippen molar-refractivity contribution in [3.05, 3.63) is 198 Å². The zero-order chi connectivity index (χ0) is 104. The van der Waals surface area contributed by atoms with E-state index in [-0.39, 0.29) is 74.1 Å². The molecule has 0 unspecified atom stereocenters. The van der Waals surface area contributed by atoms with Crippen LogP contribution in [-0.4, -0.2) is 187 Å². The van der Waals surface area contributed by atoms with Gasteiger partial charge in [0.1, 0.15) is 70.5 Å². The van der Waals surface area contributed by atoms with Crippen LogP contribution in [0, 0.1) is 67.4 Å². The van der Waals surface area contributed by atoms with Crippen LogP contribution in [0.25, 0.3) is 32.7 Å². The van der Waals surface area contributed by atoms with Gasteiger partial charge in [0, 0.05) is 127 Å². The lowest BCUT2D eigenvalue weighted by Crippen LogP contribution is -2.66. The lowest BCUT2D eigenvalue weighted by atomic mass is 9.62. The summed E-state index contributed by atoms with van der Waals surface area (Å²) in [5, 5.41) is 40.3. The van der Waals surface area contributed by atoms with E-state index in [0.29, 0.717) is 161 Å². The number of phosphoric ester groups is 1. The van der Waals surface area contributed by atoms with Crippen molar-refractivity contribution in [1.82, 2.24) is 75.2 Å². The van der Waals surface area contributed by atoms with Crippen LogP contribution < -0.4 is 46.1 Å². The van der Waals surface area contributed by atoms with Crippen molar-refractivity contribution in [3.8, 4) is 17.2 Å². The Morgan fingerprint density at radius 2 is 0.608 bits per heavy atom. The number of benzene rings is 6. The molecule has 31 nitrogen and oxygen atoms in total. The van der Waals surface area contributed by atoms with Crippen molar-refractivity contribution >= 4 is 110 Å². The van der Waals surface area contributed by atoms with Crippen LogP contribution in [0.3, 0.4) is 0 Å². The van der Waals surface area contributed by atoms with Gasteiger partial charge < -0.3 is 46.1 Å². The van der Waals surface area contributed by atoms with Crippen LogP contribution in [0.4, 0.5) is 78.3 Å². The molecule has 770 valence electrons. The number of carbonyl (C=O) groups is 3. The number of aromatic nitrogens is 12. The molecule has 0 aliphatic rings. The number of hydrogen-bond donors (Lipinski definition) is 9. The number of nitrogens with zero attached hydrogens (tertiary/aromatic N) is 12. The predicted octanol–water partition coefficient (Wildman–Crippen LogP) is 22.8. The van der Waals surface area contributed by atoms with E-state index < -0.39 is 110 Å². The van der Waals surface area contributed by atoms with Crippen LogP contribution in [-0.2, 0) is 51.8 Å². The van der Waals surface area contributed by atoms with Crippen LogP contribution in [0.15, 0.2) is 146 Å². The molecule has 0 bridgehead atoms. The van der Waals surface area contributed by atoms with E-state index in [0.717, 1.165) is 18.2 Å². The molecule has 9 N–H and O–H groups in total. The summed E-state index contributed by atoms with van der Waals surface area (Å²) in [5.74, 6) is -4.40. The van der Waals surface area contributed by atoms with Crippen LogP contribution in [0.2, 0.25) is 0 Å². The van der Waals surface area contributed by atoms with Gasteiger partial charge in [0.2, 0.25) is 17.7 Å². The highest BCUT2D eigenvalue weighted by Gasteiger charge is 2.66. The van der Waals surface area contributed by atoms with Gasteiger partial charge in [-0.3, -0.25) is 58.0 Å². The number of carbonyl (C=O) groups excluding carboxylic acids is 3. The van der Waals surface area contributed by atoms with Crippen LogP contribution in [0.1, 0.15) is 203 Å². The number of ether oxygens (including phenoxy) is 3. The number of phosphoric acid groups is 1. The number of halogens is 6. The average molecular weight is 2000 g/mol. The molecule has 0 aliphatic heterocycles. The number of rotatable bonds is 45.